The Morgan fingerprint density at radius 3 is 2.69 bits per heavy atom. The van der Waals surface area contributed by atoms with Gasteiger partial charge in [0.2, 0.25) is 0 Å². The van der Waals surface area contributed by atoms with Crippen LogP contribution in [-0.4, -0.2) is 18.3 Å². The van der Waals surface area contributed by atoms with E-state index in [9.17, 15) is 0 Å². The fourth-order valence-corrected chi connectivity index (χ4v) is 3.88. The van der Waals surface area contributed by atoms with Gasteiger partial charge >= 0.3 is 0 Å². The Hall–Kier alpha value is -0.470. The third kappa shape index (κ3) is 2.80. The van der Waals surface area contributed by atoms with Gasteiger partial charge in [-0.2, -0.15) is 0 Å². The molecule has 0 amide bonds. The Morgan fingerprint density at radius 2 is 1.94 bits per heavy atom. The highest BCUT2D eigenvalue weighted by Gasteiger charge is 2.24. The van der Waals surface area contributed by atoms with Gasteiger partial charge in [0.25, 0.3) is 0 Å². The maximum atomic E-state index is 3.47. The Balaban J connectivity index is 2.05. The molecule has 1 fully saturated rings. The molecule has 2 heteroatoms. The molecule has 0 radical (unpaired) electrons. The van der Waals surface area contributed by atoms with E-state index < -0.39 is 0 Å². The summed E-state index contributed by atoms with van der Waals surface area (Å²) in [5.41, 5.74) is 1.41. The van der Waals surface area contributed by atoms with Crippen LogP contribution >= 0.6 is 11.8 Å². The van der Waals surface area contributed by atoms with Crippen molar-refractivity contribution in [1.82, 2.24) is 5.32 Å². The van der Waals surface area contributed by atoms with Crippen LogP contribution in [0, 0.1) is 6.92 Å². The number of aryl methyl sites for hydroxylation is 1. The molecule has 0 spiro atoms. The summed E-state index contributed by atoms with van der Waals surface area (Å²) in [5, 5.41) is 4.22. The standard InChI is InChI=1S/C14H21NS/c1-11-7-3-5-9-13(11)16-14-10-6-4-8-12(14)15-2/h3,5,7,9,12,14-15H,4,6,8,10H2,1-2H3. The van der Waals surface area contributed by atoms with Crippen molar-refractivity contribution in [2.75, 3.05) is 7.05 Å². The minimum atomic E-state index is 0.693. The van der Waals surface area contributed by atoms with Crippen molar-refractivity contribution in [3.05, 3.63) is 29.8 Å². The molecule has 0 saturated heterocycles. The smallest absolute Gasteiger partial charge is 0.0248 e. The number of thioether (sulfide) groups is 1. The van der Waals surface area contributed by atoms with Gasteiger partial charge in [-0.05, 0) is 38.4 Å². The first-order chi connectivity index (χ1) is 7.81. The van der Waals surface area contributed by atoms with Crippen LogP contribution in [-0.2, 0) is 0 Å². The molecule has 0 aromatic heterocycles. The first-order valence-electron chi connectivity index (χ1n) is 6.21. The second-order valence-electron chi connectivity index (χ2n) is 4.60. The lowest BCUT2D eigenvalue weighted by Crippen LogP contribution is -2.38. The van der Waals surface area contributed by atoms with Crippen molar-refractivity contribution in [1.29, 1.82) is 0 Å². The monoisotopic (exact) mass is 235 g/mol. The van der Waals surface area contributed by atoms with Crippen LogP contribution in [0.4, 0.5) is 0 Å². The quantitative estimate of drug-likeness (QED) is 0.859. The van der Waals surface area contributed by atoms with Crippen LogP contribution in [0.15, 0.2) is 29.2 Å². The Labute approximate surface area is 103 Å². The second kappa shape index (κ2) is 5.74. The lowest BCUT2D eigenvalue weighted by molar-refractivity contribution is 0.405. The molecule has 1 aliphatic rings. The zero-order valence-corrected chi connectivity index (χ0v) is 11.0. The van der Waals surface area contributed by atoms with Crippen molar-refractivity contribution in [2.45, 2.75) is 48.8 Å². The summed E-state index contributed by atoms with van der Waals surface area (Å²) < 4.78 is 0. The SMILES string of the molecule is CNC1CCCCC1Sc1ccccc1C. The van der Waals surface area contributed by atoms with Crippen LogP contribution in [0.1, 0.15) is 31.2 Å². The molecular weight excluding hydrogens is 214 g/mol. The number of hydrogen-bond acceptors (Lipinski definition) is 2. The van der Waals surface area contributed by atoms with Crippen molar-refractivity contribution < 1.29 is 0 Å². The van der Waals surface area contributed by atoms with Crippen LogP contribution < -0.4 is 5.32 Å². The van der Waals surface area contributed by atoms with Crippen LogP contribution in [0.3, 0.4) is 0 Å². The van der Waals surface area contributed by atoms with E-state index in [2.05, 4.69) is 55.3 Å². The maximum absolute atomic E-state index is 3.47. The highest BCUT2D eigenvalue weighted by atomic mass is 32.2. The third-order valence-electron chi connectivity index (χ3n) is 3.45. The lowest BCUT2D eigenvalue weighted by atomic mass is 9.95. The van der Waals surface area contributed by atoms with Gasteiger partial charge < -0.3 is 5.32 Å². The fourth-order valence-electron chi connectivity index (χ4n) is 2.42. The summed E-state index contributed by atoms with van der Waals surface area (Å²) in [4.78, 5) is 1.45. The van der Waals surface area contributed by atoms with E-state index >= 15 is 0 Å². The minimum absolute atomic E-state index is 0.693. The molecule has 0 aliphatic heterocycles. The number of hydrogen-bond donors (Lipinski definition) is 1. The third-order valence-corrected chi connectivity index (χ3v) is 5.02. The summed E-state index contributed by atoms with van der Waals surface area (Å²) in [7, 11) is 2.10. The van der Waals surface area contributed by atoms with E-state index in [1.165, 1.54) is 36.1 Å². The summed E-state index contributed by atoms with van der Waals surface area (Å²) in [6, 6.07) is 9.42. The first kappa shape index (κ1) is 12.0. The Bertz CT molecular complexity index is 337. The van der Waals surface area contributed by atoms with Gasteiger partial charge in [-0.15, -0.1) is 11.8 Å². The molecule has 0 bridgehead atoms. The molecule has 1 nitrogen and oxygen atoms in total. The topological polar surface area (TPSA) is 12.0 Å². The Morgan fingerprint density at radius 1 is 1.19 bits per heavy atom. The molecule has 2 atom stereocenters. The fraction of sp³-hybridized carbons (Fsp3) is 0.571. The first-order valence-corrected chi connectivity index (χ1v) is 7.09. The molecule has 1 saturated carbocycles. The predicted octanol–water partition coefficient (Wildman–Crippen LogP) is 3.62. The van der Waals surface area contributed by atoms with E-state index in [4.69, 9.17) is 0 Å². The molecule has 1 N–H and O–H groups in total. The zero-order chi connectivity index (χ0) is 11.4. The van der Waals surface area contributed by atoms with Gasteiger partial charge in [0.05, 0.1) is 0 Å². The normalized spacial score (nSPS) is 25.6. The van der Waals surface area contributed by atoms with E-state index in [1.807, 2.05) is 0 Å². The van der Waals surface area contributed by atoms with Crippen molar-refractivity contribution in [3.63, 3.8) is 0 Å². The molecule has 2 unspecified atom stereocenters. The molecule has 1 aliphatic carbocycles. The average molecular weight is 235 g/mol. The van der Waals surface area contributed by atoms with Crippen molar-refractivity contribution in [2.24, 2.45) is 0 Å². The van der Waals surface area contributed by atoms with E-state index in [1.54, 1.807) is 0 Å². The average Bonchev–Trinajstić information content (AvgIpc) is 2.33. The van der Waals surface area contributed by atoms with Gasteiger partial charge in [0.15, 0.2) is 0 Å². The minimum Gasteiger partial charge on any atom is -0.316 e. The van der Waals surface area contributed by atoms with Gasteiger partial charge in [0, 0.05) is 16.2 Å². The second-order valence-corrected chi connectivity index (χ2v) is 5.88. The highest BCUT2D eigenvalue weighted by molar-refractivity contribution is 8.00. The van der Waals surface area contributed by atoms with Gasteiger partial charge in [-0.3, -0.25) is 0 Å². The number of nitrogens with one attached hydrogen (secondary N) is 1. The van der Waals surface area contributed by atoms with Crippen molar-refractivity contribution in [3.8, 4) is 0 Å². The number of benzene rings is 1. The number of rotatable bonds is 3. The molecular formula is C14H21NS. The van der Waals surface area contributed by atoms with E-state index in [0.29, 0.717) is 6.04 Å². The molecule has 2 rings (SSSR count). The van der Waals surface area contributed by atoms with Gasteiger partial charge in [-0.25, -0.2) is 0 Å². The van der Waals surface area contributed by atoms with Gasteiger partial charge in [0.1, 0.15) is 0 Å². The molecule has 1 aromatic rings. The van der Waals surface area contributed by atoms with Gasteiger partial charge in [-0.1, -0.05) is 31.0 Å². The maximum Gasteiger partial charge on any atom is 0.0248 e. The zero-order valence-electron chi connectivity index (χ0n) is 10.2. The lowest BCUT2D eigenvalue weighted by Gasteiger charge is -2.31. The van der Waals surface area contributed by atoms with Crippen LogP contribution in [0.25, 0.3) is 0 Å². The molecule has 16 heavy (non-hydrogen) atoms. The molecule has 88 valence electrons. The van der Waals surface area contributed by atoms with E-state index in [-0.39, 0.29) is 0 Å². The van der Waals surface area contributed by atoms with Crippen molar-refractivity contribution >= 4 is 11.8 Å². The molecule has 1 aromatic carbocycles. The summed E-state index contributed by atoms with van der Waals surface area (Å²) >= 11 is 2.06. The Kier molecular flexibility index (Phi) is 4.30. The van der Waals surface area contributed by atoms with E-state index in [0.717, 1.165) is 5.25 Å². The predicted molar refractivity (Wildman–Crippen MR) is 72.1 cm³/mol. The summed E-state index contributed by atoms with van der Waals surface area (Å²) in [5.74, 6) is 0. The summed E-state index contributed by atoms with van der Waals surface area (Å²) in [6.07, 6.45) is 5.46. The van der Waals surface area contributed by atoms with Crippen LogP contribution in [0.2, 0.25) is 0 Å². The molecule has 0 heterocycles. The summed E-state index contributed by atoms with van der Waals surface area (Å²) in [6.45, 7) is 2.21. The largest absolute Gasteiger partial charge is 0.316 e. The van der Waals surface area contributed by atoms with Crippen LogP contribution in [0.5, 0.6) is 0 Å². The highest BCUT2D eigenvalue weighted by Crippen LogP contribution is 2.35.